The number of aromatic nitrogens is 1. The van der Waals surface area contributed by atoms with E-state index in [1.165, 1.54) is 22.5 Å². The van der Waals surface area contributed by atoms with Gasteiger partial charge in [0.25, 0.3) is 5.91 Å². The van der Waals surface area contributed by atoms with Crippen LogP contribution in [-0.4, -0.2) is 48.1 Å². The number of furan rings is 1. The highest BCUT2D eigenvalue weighted by Gasteiger charge is 2.36. The average Bonchev–Trinajstić information content (AvgIpc) is 3.59. The number of hydrogen-bond acceptors (Lipinski definition) is 8. The minimum absolute atomic E-state index is 0.0444. The first-order chi connectivity index (χ1) is 15.6. The van der Waals surface area contributed by atoms with Crippen molar-refractivity contribution in [2.75, 3.05) is 20.3 Å². The summed E-state index contributed by atoms with van der Waals surface area (Å²) in [6.45, 7) is 3.01. The highest BCUT2D eigenvalue weighted by molar-refractivity contribution is 7.13. The minimum atomic E-state index is -0.610. The van der Waals surface area contributed by atoms with Crippen molar-refractivity contribution < 1.29 is 28.2 Å². The van der Waals surface area contributed by atoms with Crippen LogP contribution in [0, 0.1) is 0 Å². The lowest BCUT2D eigenvalue weighted by Crippen LogP contribution is -2.41. The maximum Gasteiger partial charge on any atom is 0.329 e. The molecule has 1 aliphatic rings. The zero-order chi connectivity index (χ0) is 22.5. The number of benzene rings is 1. The molecule has 168 valence electrons. The third-order valence-corrected chi connectivity index (χ3v) is 6.08. The van der Waals surface area contributed by atoms with Crippen LogP contribution in [-0.2, 0) is 16.1 Å². The zero-order valence-corrected chi connectivity index (χ0v) is 18.7. The number of ether oxygens (including phenoxy) is 3. The summed E-state index contributed by atoms with van der Waals surface area (Å²) in [5.74, 6) is 0.805. The molecule has 1 aromatic carbocycles. The Balaban J connectivity index is 1.39. The van der Waals surface area contributed by atoms with Gasteiger partial charge >= 0.3 is 5.97 Å². The van der Waals surface area contributed by atoms with Gasteiger partial charge < -0.3 is 23.5 Å². The quantitative estimate of drug-likeness (QED) is 0.470. The van der Waals surface area contributed by atoms with Gasteiger partial charge in [0.05, 0.1) is 25.7 Å². The van der Waals surface area contributed by atoms with Crippen LogP contribution < -0.4 is 9.47 Å². The third kappa shape index (κ3) is 4.62. The summed E-state index contributed by atoms with van der Waals surface area (Å²) in [4.78, 5) is 31.3. The molecule has 0 spiro atoms. The molecule has 1 saturated heterocycles. The maximum absolute atomic E-state index is 12.7. The molecule has 3 aromatic rings. The fraction of sp³-hybridized carbons (Fsp3) is 0.348. The van der Waals surface area contributed by atoms with Crippen LogP contribution in [0.25, 0.3) is 10.6 Å². The molecule has 0 unspecified atom stereocenters. The summed E-state index contributed by atoms with van der Waals surface area (Å²) < 4.78 is 21.6. The number of nitrogens with zero attached hydrogens (tertiary/aromatic N) is 2. The van der Waals surface area contributed by atoms with Crippen molar-refractivity contribution in [3.8, 4) is 22.1 Å². The number of carbonyl (C=O) groups is 2. The lowest BCUT2D eigenvalue weighted by molar-refractivity contribution is -0.149. The van der Waals surface area contributed by atoms with E-state index in [0.29, 0.717) is 36.8 Å². The number of thiazole rings is 1. The second-order valence-electron chi connectivity index (χ2n) is 7.18. The number of hydrogen-bond donors (Lipinski definition) is 0. The van der Waals surface area contributed by atoms with Gasteiger partial charge in [-0.1, -0.05) is 0 Å². The predicted octanol–water partition coefficient (Wildman–Crippen LogP) is 4.16. The van der Waals surface area contributed by atoms with Crippen LogP contribution in [0.3, 0.4) is 0 Å². The Morgan fingerprint density at radius 2 is 2.16 bits per heavy atom. The van der Waals surface area contributed by atoms with Crippen LogP contribution in [0.5, 0.6) is 11.5 Å². The molecular weight excluding hydrogens is 432 g/mol. The number of esters is 1. The third-order valence-electron chi connectivity index (χ3n) is 5.14. The Hall–Kier alpha value is -3.33. The Labute approximate surface area is 189 Å². The minimum Gasteiger partial charge on any atom is -0.493 e. The van der Waals surface area contributed by atoms with Gasteiger partial charge in [-0.05, 0) is 50.1 Å². The van der Waals surface area contributed by atoms with Gasteiger partial charge in [-0.25, -0.2) is 9.78 Å². The van der Waals surface area contributed by atoms with Gasteiger partial charge in [-0.15, -0.1) is 11.3 Å². The van der Waals surface area contributed by atoms with Crippen LogP contribution >= 0.6 is 11.3 Å². The first-order valence-electron chi connectivity index (χ1n) is 10.4. The van der Waals surface area contributed by atoms with E-state index in [2.05, 4.69) is 4.98 Å². The molecule has 32 heavy (non-hydrogen) atoms. The standard InChI is InChI=1S/C23H24N2O6S/c1-3-29-18-9-8-15(12-20(18)28-2)21-24-16(14-32-21)13-31-23(27)17-6-4-10-25(17)22(26)19-7-5-11-30-19/h5,7-9,11-12,14,17H,3-4,6,10,13H2,1-2H3/t17-/m0/s1. The fourth-order valence-corrected chi connectivity index (χ4v) is 4.42. The smallest absolute Gasteiger partial charge is 0.329 e. The molecule has 0 saturated carbocycles. The van der Waals surface area contributed by atoms with E-state index >= 15 is 0 Å². The Morgan fingerprint density at radius 3 is 2.91 bits per heavy atom. The zero-order valence-electron chi connectivity index (χ0n) is 17.9. The first-order valence-corrected chi connectivity index (χ1v) is 11.3. The highest BCUT2D eigenvalue weighted by atomic mass is 32.1. The van der Waals surface area contributed by atoms with Crippen LogP contribution in [0.15, 0.2) is 46.4 Å². The van der Waals surface area contributed by atoms with Gasteiger partial charge in [0.15, 0.2) is 17.3 Å². The molecule has 8 nitrogen and oxygen atoms in total. The molecule has 2 aromatic heterocycles. The molecular formula is C23H24N2O6S. The molecule has 0 bridgehead atoms. The summed E-state index contributed by atoms with van der Waals surface area (Å²) in [6.07, 6.45) is 2.75. The van der Waals surface area contributed by atoms with E-state index in [1.54, 1.807) is 19.2 Å². The lowest BCUT2D eigenvalue weighted by Gasteiger charge is -2.22. The summed E-state index contributed by atoms with van der Waals surface area (Å²) >= 11 is 1.45. The van der Waals surface area contributed by atoms with Crippen LogP contribution in [0.2, 0.25) is 0 Å². The number of amides is 1. The van der Waals surface area contributed by atoms with Crippen LogP contribution in [0.1, 0.15) is 36.0 Å². The van der Waals surface area contributed by atoms with E-state index in [0.717, 1.165) is 17.0 Å². The van der Waals surface area contributed by atoms with Crippen molar-refractivity contribution in [3.05, 3.63) is 53.4 Å². The van der Waals surface area contributed by atoms with Crippen molar-refractivity contribution in [2.24, 2.45) is 0 Å². The van der Waals surface area contributed by atoms with Crippen LogP contribution in [0.4, 0.5) is 0 Å². The van der Waals surface area contributed by atoms with Gasteiger partial charge in [0, 0.05) is 17.5 Å². The number of carbonyl (C=O) groups excluding carboxylic acids is 2. The molecule has 4 rings (SSSR count). The molecule has 9 heteroatoms. The molecule has 1 atom stereocenters. The van der Waals surface area contributed by atoms with Gasteiger partial charge in [-0.2, -0.15) is 0 Å². The summed E-state index contributed by atoms with van der Waals surface area (Å²) in [7, 11) is 1.59. The Kier molecular flexibility index (Phi) is 6.75. The van der Waals surface area contributed by atoms with E-state index in [9.17, 15) is 9.59 Å². The Morgan fingerprint density at radius 1 is 1.28 bits per heavy atom. The molecule has 3 heterocycles. The summed E-state index contributed by atoms with van der Waals surface area (Å²) in [5.41, 5.74) is 1.53. The first kappa shape index (κ1) is 21.9. The molecule has 1 amide bonds. The largest absolute Gasteiger partial charge is 0.493 e. The van der Waals surface area contributed by atoms with E-state index in [4.69, 9.17) is 18.6 Å². The van der Waals surface area contributed by atoms with Crippen molar-refractivity contribution in [1.29, 1.82) is 0 Å². The van der Waals surface area contributed by atoms with Crippen molar-refractivity contribution >= 4 is 23.2 Å². The molecule has 1 aliphatic heterocycles. The SMILES string of the molecule is CCOc1ccc(-c2nc(COC(=O)[C@@H]3CCCN3C(=O)c3ccco3)cs2)cc1OC. The average molecular weight is 457 g/mol. The van der Waals surface area contributed by atoms with Gasteiger partial charge in [0.2, 0.25) is 0 Å². The number of methoxy groups -OCH3 is 1. The monoisotopic (exact) mass is 456 g/mol. The lowest BCUT2D eigenvalue weighted by atomic mass is 10.2. The van der Waals surface area contributed by atoms with Gasteiger partial charge in [-0.3, -0.25) is 4.79 Å². The highest BCUT2D eigenvalue weighted by Crippen LogP contribution is 2.34. The fourth-order valence-electron chi connectivity index (χ4n) is 3.62. The second-order valence-corrected chi connectivity index (χ2v) is 8.04. The molecule has 0 N–H and O–H groups in total. The predicted molar refractivity (Wildman–Crippen MR) is 118 cm³/mol. The summed E-state index contributed by atoms with van der Waals surface area (Å²) in [5, 5.41) is 2.64. The van der Waals surface area contributed by atoms with E-state index in [1.807, 2.05) is 30.5 Å². The van der Waals surface area contributed by atoms with Gasteiger partial charge in [0.1, 0.15) is 17.7 Å². The molecule has 0 aliphatic carbocycles. The van der Waals surface area contributed by atoms with E-state index < -0.39 is 12.0 Å². The second kappa shape index (κ2) is 9.86. The number of likely N-dealkylation sites (tertiary alicyclic amines) is 1. The van der Waals surface area contributed by atoms with Crippen molar-refractivity contribution in [1.82, 2.24) is 9.88 Å². The van der Waals surface area contributed by atoms with E-state index in [-0.39, 0.29) is 18.3 Å². The molecule has 0 radical (unpaired) electrons. The Bertz CT molecular complexity index is 1080. The van der Waals surface area contributed by atoms with Crippen molar-refractivity contribution in [3.63, 3.8) is 0 Å². The molecule has 1 fully saturated rings. The van der Waals surface area contributed by atoms with Crippen molar-refractivity contribution in [2.45, 2.75) is 32.4 Å². The maximum atomic E-state index is 12.7. The topological polar surface area (TPSA) is 91.1 Å². The normalized spacial score (nSPS) is 15.6. The number of rotatable bonds is 8. The summed E-state index contributed by atoms with van der Waals surface area (Å²) in [6, 6.07) is 8.27.